The maximum atomic E-state index is 12.9. The Hall–Kier alpha value is -0.350. The van der Waals surface area contributed by atoms with Crippen molar-refractivity contribution in [3.63, 3.8) is 0 Å². The Morgan fingerprint density at radius 1 is 1.38 bits per heavy atom. The van der Waals surface area contributed by atoms with E-state index in [0.717, 1.165) is 44.4 Å². The highest BCUT2D eigenvalue weighted by Crippen LogP contribution is 2.39. The molecule has 1 saturated carbocycles. The predicted octanol–water partition coefficient (Wildman–Crippen LogP) is 2.09. The molecule has 0 aromatic carbocycles. The molecule has 2 aliphatic heterocycles. The third-order valence-electron chi connectivity index (χ3n) is 5.33. The SMILES string of the molecule is N#CNC[C@H]1CCCN1C(=O)C1CSC(C2CCC(Cl)CC2Cl)N1. The minimum atomic E-state index is -0.139. The number of nitriles is 1. The van der Waals surface area contributed by atoms with Gasteiger partial charge in [-0.25, -0.2) is 0 Å². The number of carbonyl (C=O) groups is 1. The number of nitrogens with zero attached hydrogens (tertiary/aromatic N) is 2. The van der Waals surface area contributed by atoms with Gasteiger partial charge in [-0.05, 0) is 32.1 Å². The summed E-state index contributed by atoms with van der Waals surface area (Å²) in [5.74, 6) is 1.34. The van der Waals surface area contributed by atoms with E-state index in [4.69, 9.17) is 28.5 Å². The van der Waals surface area contributed by atoms with Gasteiger partial charge in [-0.1, -0.05) is 0 Å². The lowest BCUT2D eigenvalue weighted by molar-refractivity contribution is -0.133. The normalized spacial score (nSPS) is 39.6. The van der Waals surface area contributed by atoms with Gasteiger partial charge in [0.2, 0.25) is 5.91 Å². The van der Waals surface area contributed by atoms with Gasteiger partial charge in [-0.2, -0.15) is 5.26 Å². The molecule has 3 aliphatic rings. The minimum Gasteiger partial charge on any atom is -0.337 e. The van der Waals surface area contributed by atoms with Crippen molar-refractivity contribution in [2.45, 2.75) is 60.3 Å². The van der Waals surface area contributed by atoms with Crippen molar-refractivity contribution >= 4 is 40.9 Å². The summed E-state index contributed by atoms with van der Waals surface area (Å²) in [5.41, 5.74) is 0. The number of nitrogens with one attached hydrogen (secondary N) is 2. The Bertz CT molecular complexity index is 503. The molecule has 0 bridgehead atoms. The van der Waals surface area contributed by atoms with Gasteiger partial charge in [0.05, 0.1) is 11.4 Å². The van der Waals surface area contributed by atoms with Gasteiger partial charge in [-0.15, -0.1) is 35.0 Å². The van der Waals surface area contributed by atoms with Crippen LogP contribution in [0.5, 0.6) is 0 Å². The monoisotopic (exact) mass is 390 g/mol. The lowest BCUT2D eigenvalue weighted by Gasteiger charge is -2.34. The molecule has 0 spiro atoms. The van der Waals surface area contributed by atoms with Crippen molar-refractivity contribution in [1.29, 1.82) is 5.26 Å². The molecule has 3 rings (SSSR count). The van der Waals surface area contributed by atoms with Crippen molar-refractivity contribution in [2.24, 2.45) is 5.92 Å². The fourth-order valence-corrected chi connectivity index (χ4v) is 6.47. The molecule has 8 heteroatoms. The molecule has 0 aromatic heterocycles. The second kappa shape index (κ2) is 8.35. The van der Waals surface area contributed by atoms with Gasteiger partial charge in [0.25, 0.3) is 0 Å². The van der Waals surface area contributed by atoms with Crippen LogP contribution in [0.2, 0.25) is 0 Å². The van der Waals surface area contributed by atoms with Gasteiger partial charge < -0.3 is 10.2 Å². The summed E-state index contributed by atoms with van der Waals surface area (Å²) in [7, 11) is 0. The van der Waals surface area contributed by atoms with E-state index < -0.39 is 0 Å². The number of hydrogen-bond donors (Lipinski definition) is 2. The molecule has 3 fully saturated rings. The van der Waals surface area contributed by atoms with Crippen LogP contribution >= 0.6 is 35.0 Å². The van der Waals surface area contributed by atoms with Crippen molar-refractivity contribution in [1.82, 2.24) is 15.5 Å². The minimum absolute atomic E-state index is 0.0828. The molecule has 5 unspecified atom stereocenters. The third-order valence-corrected chi connectivity index (χ3v) is 7.60. The van der Waals surface area contributed by atoms with E-state index in [9.17, 15) is 4.79 Å². The average Bonchev–Trinajstić information content (AvgIpc) is 3.21. The van der Waals surface area contributed by atoms with Gasteiger partial charge in [0.15, 0.2) is 6.19 Å². The van der Waals surface area contributed by atoms with Crippen LogP contribution < -0.4 is 10.6 Å². The van der Waals surface area contributed by atoms with Crippen LogP contribution in [0.4, 0.5) is 0 Å². The van der Waals surface area contributed by atoms with E-state index in [-0.39, 0.29) is 34.1 Å². The largest absolute Gasteiger partial charge is 0.337 e. The molecular formula is C16H24Cl2N4OS. The first-order valence-electron chi connectivity index (χ1n) is 8.68. The molecule has 134 valence electrons. The molecule has 2 N–H and O–H groups in total. The second-order valence-electron chi connectivity index (χ2n) is 6.88. The van der Waals surface area contributed by atoms with Gasteiger partial charge in [0, 0.05) is 41.6 Å². The van der Waals surface area contributed by atoms with E-state index in [2.05, 4.69) is 10.6 Å². The summed E-state index contributed by atoms with van der Waals surface area (Å²) < 4.78 is 0. The first kappa shape index (κ1) is 18.4. The highest BCUT2D eigenvalue weighted by Gasteiger charge is 2.42. The van der Waals surface area contributed by atoms with E-state index in [1.54, 1.807) is 0 Å². The standard InChI is InChI=1S/C16H24Cl2N4OS/c17-10-3-4-12(13(18)6-10)15-21-14(8-24-15)16(23)22-5-1-2-11(22)7-20-9-19/h10-15,20-21H,1-8H2/t10?,11-,12?,13?,14?,15?/m1/s1. The third kappa shape index (κ3) is 4.07. The van der Waals surface area contributed by atoms with Crippen LogP contribution in [0, 0.1) is 17.4 Å². The van der Waals surface area contributed by atoms with E-state index in [0.29, 0.717) is 12.5 Å². The van der Waals surface area contributed by atoms with E-state index in [1.165, 1.54) is 0 Å². The first-order chi connectivity index (χ1) is 11.6. The van der Waals surface area contributed by atoms with Crippen LogP contribution in [-0.2, 0) is 4.79 Å². The fourth-order valence-electron chi connectivity index (χ4n) is 4.02. The molecule has 0 radical (unpaired) electrons. The summed E-state index contributed by atoms with van der Waals surface area (Å²) in [4.78, 5) is 14.8. The van der Waals surface area contributed by atoms with Crippen molar-refractivity contribution in [3.8, 4) is 6.19 Å². The first-order valence-corrected chi connectivity index (χ1v) is 10.6. The Morgan fingerprint density at radius 3 is 2.96 bits per heavy atom. The molecule has 1 aliphatic carbocycles. The molecule has 6 atom stereocenters. The van der Waals surface area contributed by atoms with Gasteiger partial charge in [0.1, 0.15) is 0 Å². The maximum absolute atomic E-state index is 12.9. The van der Waals surface area contributed by atoms with Crippen LogP contribution in [0.25, 0.3) is 0 Å². The van der Waals surface area contributed by atoms with Gasteiger partial charge in [-0.3, -0.25) is 10.1 Å². The highest BCUT2D eigenvalue weighted by molar-refractivity contribution is 8.00. The van der Waals surface area contributed by atoms with Gasteiger partial charge >= 0.3 is 0 Å². The number of hydrogen-bond acceptors (Lipinski definition) is 5. The summed E-state index contributed by atoms with van der Waals surface area (Å²) >= 11 is 14.5. The Labute approximate surface area is 157 Å². The zero-order valence-corrected chi connectivity index (χ0v) is 15.9. The lowest BCUT2D eigenvalue weighted by atomic mass is 9.88. The zero-order valence-electron chi connectivity index (χ0n) is 13.6. The summed E-state index contributed by atoms with van der Waals surface area (Å²) in [6.45, 7) is 1.34. The molecule has 1 amide bonds. The average molecular weight is 391 g/mol. The molecule has 2 saturated heterocycles. The van der Waals surface area contributed by atoms with Crippen LogP contribution in [0.1, 0.15) is 32.1 Å². The predicted molar refractivity (Wildman–Crippen MR) is 98.1 cm³/mol. The van der Waals surface area contributed by atoms with Crippen molar-refractivity contribution in [3.05, 3.63) is 0 Å². The maximum Gasteiger partial charge on any atom is 0.240 e. The molecule has 5 nitrogen and oxygen atoms in total. The lowest BCUT2D eigenvalue weighted by Crippen LogP contribution is -2.51. The number of likely N-dealkylation sites (tertiary alicyclic amines) is 1. The molecule has 2 heterocycles. The smallest absolute Gasteiger partial charge is 0.240 e. The summed E-state index contributed by atoms with van der Waals surface area (Å²) in [6.07, 6.45) is 6.79. The number of alkyl halides is 2. The second-order valence-corrected chi connectivity index (χ2v) is 9.24. The Kier molecular flexibility index (Phi) is 6.42. The number of amides is 1. The van der Waals surface area contributed by atoms with Crippen LogP contribution in [-0.4, -0.2) is 57.9 Å². The van der Waals surface area contributed by atoms with Crippen LogP contribution in [0.15, 0.2) is 0 Å². The van der Waals surface area contributed by atoms with Crippen molar-refractivity contribution < 1.29 is 4.79 Å². The Morgan fingerprint density at radius 2 is 2.21 bits per heavy atom. The summed E-state index contributed by atoms with van der Waals surface area (Å²) in [5, 5.41) is 15.4. The van der Waals surface area contributed by atoms with E-state index >= 15 is 0 Å². The quantitative estimate of drug-likeness (QED) is 0.437. The van der Waals surface area contributed by atoms with Crippen molar-refractivity contribution in [2.75, 3.05) is 18.8 Å². The number of halogens is 2. The fraction of sp³-hybridized carbons (Fsp3) is 0.875. The Balaban J connectivity index is 1.55. The summed E-state index contributed by atoms with van der Waals surface area (Å²) in [6, 6.07) is -0.00394. The molecule has 24 heavy (non-hydrogen) atoms. The number of carbonyl (C=O) groups excluding carboxylic acids is 1. The number of rotatable bonds is 4. The topological polar surface area (TPSA) is 68.2 Å². The highest BCUT2D eigenvalue weighted by atomic mass is 35.5. The zero-order chi connectivity index (χ0) is 17.1. The van der Waals surface area contributed by atoms with E-state index in [1.807, 2.05) is 22.9 Å². The number of thioether (sulfide) groups is 1. The van der Waals surface area contributed by atoms with Crippen LogP contribution in [0.3, 0.4) is 0 Å². The molecular weight excluding hydrogens is 367 g/mol. The molecule has 0 aromatic rings.